The van der Waals surface area contributed by atoms with Crippen molar-refractivity contribution in [1.29, 1.82) is 5.26 Å². The molecule has 28 heavy (non-hydrogen) atoms. The van der Waals surface area contributed by atoms with Crippen LogP contribution in [0.4, 0.5) is 5.69 Å². The molecule has 0 aliphatic heterocycles. The van der Waals surface area contributed by atoms with Crippen LogP contribution in [0.5, 0.6) is 0 Å². The van der Waals surface area contributed by atoms with E-state index in [9.17, 15) is 9.59 Å². The first kappa shape index (κ1) is 19.0. The normalized spacial score (nSPS) is 10.3. The molecule has 2 aromatic carbocycles. The van der Waals surface area contributed by atoms with E-state index < -0.39 is 0 Å². The fourth-order valence-corrected chi connectivity index (χ4v) is 2.64. The first-order chi connectivity index (χ1) is 13.5. The molecule has 0 aliphatic rings. The van der Waals surface area contributed by atoms with Crippen LogP contribution in [-0.4, -0.2) is 21.8 Å². The molecule has 2 N–H and O–H groups in total. The summed E-state index contributed by atoms with van der Waals surface area (Å²) in [4.78, 5) is 32.8. The number of hydrogen-bond acceptors (Lipinski definition) is 5. The summed E-state index contributed by atoms with van der Waals surface area (Å²) in [5.74, 6) is -0.554. The van der Waals surface area contributed by atoms with Crippen molar-refractivity contribution in [2.75, 3.05) is 5.32 Å². The average Bonchev–Trinajstić information content (AvgIpc) is 2.68. The fraction of sp³-hybridized carbons (Fsp3) is 0.190. The Hall–Kier alpha value is -3.79. The molecule has 0 saturated heterocycles. The maximum absolute atomic E-state index is 12.5. The van der Waals surface area contributed by atoms with Crippen LogP contribution in [0.2, 0.25) is 0 Å². The molecule has 0 radical (unpaired) electrons. The van der Waals surface area contributed by atoms with E-state index in [-0.39, 0.29) is 18.2 Å². The van der Waals surface area contributed by atoms with Gasteiger partial charge in [0.2, 0.25) is 5.91 Å². The van der Waals surface area contributed by atoms with Gasteiger partial charge in [-0.05, 0) is 49.7 Å². The molecule has 0 spiro atoms. The predicted molar refractivity (Wildman–Crippen MR) is 105 cm³/mol. The summed E-state index contributed by atoms with van der Waals surface area (Å²) < 4.78 is 0. The Bertz CT molecular complexity index is 1080. The number of aryl methyl sites for hydroxylation is 2. The third kappa shape index (κ3) is 4.48. The molecular weight excluding hydrogens is 354 g/mol. The van der Waals surface area contributed by atoms with Crippen molar-refractivity contribution in [1.82, 2.24) is 15.3 Å². The van der Waals surface area contributed by atoms with Crippen molar-refractivity contribution < 1.29 is 9.59 Å². The zero-order valence-corrected chi connectivity index (χ0v) is 15.6. The number of nitrogens with one attached hydrogen (secondary N) is 2. The number of nitrogens with zero attached hydrogens (tertiary/aromatic N) is 3. The number of carbonyl (C=O) groups excluding carboxylic acids is 2. The van der Waals surface area contributed by atoms with Crippen LogP contribution in [0, 0.1) is 25.2 Å². The van der Waals surface area contributed by atoms with Gasteiger partial charge in [0.1, 0.15) is 6.42 Å². The van der Waals surface area contributed by atoms with Gasteiger partial charge in [0.25, 0.3) is 5.91 Å². The lowest BCUT2D eigenvalue weighted by atomic mass is 10.1. The minimum Gasteiger partial charge on any atom is -0.348 e. The molecule has 0 aliphatic carbocycles. The minimum absolute atomic E-state index is 0.187. The molecule has 0 unspecified atom stereocenters. The van der Waals surface area contributed by atoms with Crippen LogP contribution >= 0.6 is 0 Å². The summed E-state index contributed by atoms with van der Waals surface area (Å²) in [5, 5.41) is 14.0. The number of benzene rings is 2. The summed E-state index contributed by atoms with van der Waals surface area (Å²) >= 11 is 0. The van der Waals surface area contributed by atoms with Crippen molar-refractivity contribution in [3.63, 3.8) is 0 Å². The maximum Gasteiger partial charge on any atom is 0.251 e. The number of aromatic nitrogens is 2. The molecule has 140 valence electrons. The molecule has 0 saturated carbocycles. The van der Waals surface area contributed by atoms with Gasteiger partial charge in [-0.15, -0.1) is 0 Å². The molecule has 1 heterocycles. The Balaban J connectivity index is 1.64. The number of anilines is 1. The molecule has 0 atom stereocenters. The summed E-state index contributed by atoms with van der Waals surface area (Å²) in [7, 11) is 0. The van der Waals surface area contributed by atoms with Gasteiger partial charge in [0, 0.05) is 17.8 Å². The van der Waals surface area contributed by atoms with E-state index in [1.165, 1.54) is 0 Å². The molecule has 7 nitrogen and oxygen atoms in total. The maximum atomic E-state index is 12.5. The van der Waals surface area contributed by atoms with E-state index in [0.717, 1.165) is 22.5 Å². The number of carbonyl (C=O) groups is 2. The quantitative estimate of drug-likeness (QED) is 0.715. The highest BCUT2D eigenvalue weighted by molar-refractivity contribution is 5.97. The van der Waals surface area contributed by atoms with Gasteiger partial charge in [0.05, 0.1) is 28.5 Å². The molecule has 1 aromatic heterocycles. The SMILES string of the molecule is Cc1nc2ccc(C(=O)NCc3ccc(NC(=O)CC#N)cc3)cc2nc1C. The second-order valence-corrected chi connectivity index (χ2v) is 6.36. The Kier molecular flexibility index (Phi) is 5.61. The van der Waals surface area contributed by atoms with Crippen molar-refractivity contribution in [2.24, 2.45) is 0 Å². The highest BCUT2D eigenvalue weighted by atomic mass is 16.2. The zero-order valence-electron chi connectivity index (χ0n) is 15.6. The van der Waals surface area contributed by atoms with Gasteiger partial charge in [-0.25, -0.2) is 9.97 Å². The Morgan fingerprint density at radius 1 is 1.00 bits per heavy atom. The van der Waals surface area contributed by atoms with Crippen molar-refractivity contribution in [3.05, 3.63) is 65.0 Å². The summed E-state index contributed by atoms with van der Waals surface area (Å²) in [5.41, 5.74) is 5.17. The lowest BCUT2D eigenvalue weighted by molar-refractivity contribution is -0.115. The van der Waals surface area contributed by atoms with E-state index in [1.54, 1.807) is 48.5 Å². The second-order valence-electron chi connectivity index (χ2n) is 6.36. The van der Waals surface area contributed by atoms with Crippen LogP contribution in [0.25, 0.3) is 11.0 Å². The zero-order chi connectivity index (χ0) is 20.1. The molecular formula is C21H19N5O2. The fourth-order valence-electron chi connectivity index (χ4n) is 2.64. The summed E-state index contributed by atoms with van der Waals surface area (Å²) in [6.45, 7) is 4.14. The van der Waals surface area contributed by atoms with Crippen molar-refractivity contribution in [2.45, 2.75) is 26.8 Å². The Morgan fingerprint density at radius 2 is 1.68 bits per heavy atom. The third-order valence-electron chi connectivity index (χ3n) is 4.27. The standard InChI is InChI=1S/C21H19N5O2/c1-13-14(2)25-19-11-16(5-8-18(19)24-13)21(28)23-12-15-3-6-17(7-4-15)26-20(27)9-10-22/h3-8,11H,9,12H2,1-2H3,(H,23,28)(H,26,27). The molecule has 3 aromatic rings. The Labute approximate surface area is 162 Å². The molecule has 7 heteroatoms. The van der Waals surface area contributed by atoms with E-state index in [2.05, 4.69) is 20.6 Å². The van der Waals surface area contributed by atoms with Crippen molar-refractivity contribution in [3.8, 4) is 6.07 Å². The lowest BCUT2D eigenvalue weighted by Crippen LogP contribution is -2.22. The smallest absolute Gasteiger partial charge is 0.251 e. The number of rotatable bonds is 5. The van der Waals surface area contributed by atoms with Crippen LogP contribution in [0.3, 0.4) is 0 Å². The Morgan fingerprint density at radius 3 is 2.36 bits per heavy atom. The van der Waals surface area contributed by atoms with Gasteiger partial charge in [-0.1, -0.05) is 12.1 Å². The van der Waals surface area contributed by atoms with Gasteiger partial charge in [-0.3, -0.25) is 9.59 Å². The minimum atomic E-state index is -0.353. The first-order valence-corrected chi connectivity index (χ1v) is 8.75. The number of nitriles is 1. The van der Waals surface area contributed by atoms with Crippen LogP contribution in [0.15, 0.2) is 42.5 Å². The van der Waals surface area contributed by atoms with Crippen LogP contribution < -0.4 is 10.6 Å². The summed E-state index contributed by atoms with van der Waals surface area (Å²) in [6.07, 6.45) is -0.187. The van der Waals surface area contributed by atoms with Gasteiger partial charge in [0.15, 0.2) is 0 Å². The van der Waals surface area contributed by atoms with E-state index in [1.807, 2.05) is 13.8 Å². The predicted octanol–water partition coefficient (Wildman–Crippen LogP) is 3.03. The molecule has 3 rings (SSSR count). The molecule has 2 amide bonds. The number of hydrogen-bond donors (Lipinski definition) is 2. The molecule has 0 bridgehead atoms. The van der Waals surface area contributed by atoms with E-state index in [0.29, 0.717) is 23.3 Å². The average molecular weight is 373 g/mol. The molecule has 0 fully saturated rings. The van der Waals surface area contributed by atoms with Crippen LogP contribution in [0.1, 0.15) is 33.7 Å². The first-order valence-electron chi connectivity index (χ1n) is 8.75. The van der Waals surface area contributed by atoms with Crippen LogP contribution in [-0.2, 0) is 11.3 Å². The highest BCUT2D eigenvalue weighted by Gasteiger charge is 2.09. The highest BCUT2D eigenvalue weighted by Crippen LogP contribution is 2.15. The van der Waals surface area contributed by atoms with Crippen molar-refractivity contribution >= 4 is 28.5 Å². The number of fused-ring (bicyclic) bond motifs is 1. The topological polar surface area (TPSA) is 108 Å². The van der Waals surface area contributed by atoms with Gasteiger partial charge in [-0.2, -0.15) is 5.26 Å². The van der Waals surface area contributed by atoms with E-state index >= 15 is 0 Å². The third-order valence-corrected chi connectivity index (χ3v) is 4.27. The van der Waals surface area contributed by atoms with E-state index in [4.69, 9.17) is 5.26 Å². The van der Waals surface area contributed by atoms with Gasteiger partial charge >= 0.3 is 0 Å². The monoisotopic (exact) mass is 373 g/mol. The summed E-state index contributed by atoms with van der Waals surface area (Å²) in [6, 6.07) is 14.1. The number of amides is 2. The lowest BCUT2D eigenvalue weighted by Gasteiger charge is -2.08. The second kappa shape index (κ2) is 8.27. The largest absolute Gasteiger partial charge is 0.348 e. The van der Waals surface area contributed by atoms with Gasteiger partial charge < -0.3 is 10.6 Å².